The molecule has 0 aliphatic rings. The fourth-order valence-electron chi connectivity index (χ4n) is 1.25. The Hall–Kier alpha value is -1.58. The maximum atomic E-state index is 8.74. The number of hydrogen-bond donors (Lipinski definition) is 0. The highest BCUT2D eigenvalue weighted by Crippen LogP contribution is 2.21. The van der Waals surface area contributed by atoms with Crippen molar-refractivity contribution in [3.05, 3.63) is 29.3 Å². The zero-order chi connectivity index (χ0) is 13.0. The van der Waals surface area contributed by atoms with Gasteiger partial charge in [-0.25, -0.2) is 0 Å². The molecule has 0 fully saturated rings. The van der Waals surface area contributed by atoms with E-state index in [9.17, 15) is 0 Å². The molecule has 0 saturated heterocycles. The average Bonchev–Trinajstić information content (AvgIpc) is 2.85. The first-order valence-corrected chi connectivity index (χ1v) is 6.64. The molecule has 7 heteroatoms. The number of nitriles is 1. The molecule has 1 atom stereocenters. The highest BCUT2D eigenvalue weighted by Gasteiger charge is 2.10. The summed E-state index contributed by atoms with van der Waals surface area (Å²) in [7, 11) is 0. The summed E-state index contributed by atoms with van der Waals surface area (Å²) in [5.74, 6) is 0.621. The van der Waals surface area contributed by atoms with E-state index in [1.165, 1.54) is 11.8 Å². The van der Waals surface area contributed by atoms with Crippen molar-refractivity contribution in [1.29, 1.82) is 5.26 Å². The molecule has 0 amide bonds. The van der Waals surface area contributed by atoms with Gasteiger partial charge in [-0.05, 0) is 41.6 Å². The van der Waals surface area contributed by atoms with E-state index in [1.807, 2.05) is 19.1 Å². The SMILES string of the molecule is C[C@H](C#N)CSc1nnnn1-c1ccc(Cl)cc1. The minimum Gasteiger partial charge on any atom is -0.198 e. The second kappa shape index (κ2) is 5.85. The van der Waals surface area contributed by atoms with E-state index in [-0.39, 0.29) is 5.92 Å². The van der Waals surface area contributed by atoms with Crippen LogP contribution in [0.15, 0.2) is 29.4 Å². The number of halogens is 1. The normalized spacial score (nSPS) is 12.1. The molecular weight excluding hydrogens is 270 g/mol. The highest BCUT2D eigenvalue weighted by atomic mass is 35.5. The summed E-state index contributed by atoms with van der Waals surface area (Å²) in [6.07, 6.45) is 0. The summed E-state index contributed by atoms with van der Waals surface area (Å²) in [6, 6.07) is 9.43. The van der Waals surface area contributed by atoms with Gasteiger partial charge in [-0.2, -0.15) is 9.94 Å². The van der Waals surface area contributed by atoms with Crippen LogP contribution in [0.2, 0.25) is 5.02 Å². The second-order valence-corrected chi connectivity index (χ2v) is 5.11. The van der Waals surface area contributed by atoms with Crippen LogP contribution in [0.25, 0.3) is 5.69 Å². The van der Waals surface area contributed by atoms with E-state index >= 15 is 0 Å². The van der Waals surface area contributed by atoms with Crippen LogP contribution in [-0.2, 0) is 0 Å². The van der Waals surface area contributed by atoms with Crippen LogP contribution in [-0.4, -0.2) is 26.0 Å². The lowest BCUT2D eigenvalue weighted by atomic mass is 10.3. The molecule has 2 rings (SSSR count). The van der Waals surface area contributed by atoms with Crippen LogP contribution < -0.4 is 0 Å². The lowest BCUT2D eigenvalue weighted by Gasteiger charge is -2.04. The molecule has 0 N–H and O–H groups in total. The van der Waals surface area contributed by atoms with Gasteiger partial charge in [-0.15, -0.1) is 5.10 Å². The molecule has 18 heavy (non-hydrogen) atoms. The van der Waals surface area contributed by atoms with Crippen LogP contribution in [0.3, 0.4) is 0 Å². The number of nitrogens with zero attached hydrogens (tertiary/aromatic N) is 5. The first kappa shape index (κ1) is 12.9. The van der Waals surface area contributed by atoms with Crippen LogP contribution >= 0.6 is 23.4 Å². The highest BCUT2D eigenvalue weighted by molar-refractivity contribution is 7.99. The van der Waals surface area contributed by atoms with Gasteiger partial charge in [0.2, 0.25) is 5.16 Å². The molecule has 0 saturated carbocycles. The van der Waals surface area contributed by atoms with Gasteiger partial charge in [0.05, 0.1) is 17.7 Å². The van der Waals surface area contributed by atoms with Crippen molar-refractivity contribution < 1.29 is 0 Å². The number of hydrogen-bond acceptors (Lipinski definition) is 5. The Balaban J connectivity index is 2.17. The Bertz CT molecular complexity index is 560. The number of thioether (sulfide) groups is 1. The monoisotopic (exact) mass is 279 g/mol. The van der Waals surface area contributed by atoms with Gasteiger partial charge in [-0.1, -0.05) is 23.4 Å². The van der Waals surface area contributed by atoms with Crippen molar-refractivity contribution in [2.75, 3.05) is 5.75 Å². The molecule has 0 spiro atoms. The minimum atomic E-state index is -0.0367. The van der Waals surface area contributed by atoms with Crippen molar-refractivity contribution in [3.8, 4) is 11.8 Å². The smallest absolute Gasteiger partial charge is 0.198 e. The molecule has 5 nitrogen and oxygen atoms in total. The molecule has 0 aliphatic carbocycles. The molecule has 2 aromatic rings. The van der Waals surface area contributed by atoms with Crippen LogP contribution in [0.4, 0.5) is 0 Å². The number of benzene rings is 1. The summed E-state index contributed by atoms with van der Waals surface area (Å²) < 4.78 is 1.63. The van der Waals surface area contributed by atoms with Gasteiger partial charge in [0.25, 0.3) is 0 Å². The molecule has 0 bridgehead atoms. The van der Waals surface area contributed by atoms with Crippen molar-refractivity contribution in [2.24, 2.45) is 5.92 Å². The second-order valence-electron chi connectivity index (χ2n) is 3.69. The van der Waals surface area contributed by atoms with E-state index in [1.54, 1.807) is 16.8 Å². The van der Waals surface area contributed by atoms with Crippen LogP contribution in [0.5, 0.6) is 0 Å². The fraction of sp³-hybridized carbons (Fsp3) is 0.273. The number of rotatable bonds is 4. The van der Waals surface area contributed by atoms with Crippen molar-refractivity contribution in [2.45, 2.75) is 12.1 Å². The molecular formula is C11H10ClN5S. The molecule has 0 aliphatic heterocycles. The Labute approximate surface area is 114 Å². The molecule has 1 aromatic heterocycles. The van der Waals surface area contributed by atoms with E-state index < -0.39 is 0 Å². The maximum absolute atomic E-state index is 8.74. The molecule has 1 aromatic carbocycles. The van der Waals surface area contributed by atoms with Gasteiger partial charge in [-0.3, -0.25) is 0 Å². The van der Waals surface area contributed by atoms with Gasteiger partial charge in [0.1, 0.15) is 0 Å². The Kier molecular flexibility index (Phi) is 4.18. The molecule has 1 heterocycles. The quantitative estimate of drug-likeness (QED) is 0.805. The topological polar surface area (TPSA) is 67.4 Å². The van der Waals surface area contributed by atoms with Gasteiger partial charge in [0, 0.05) is 10.8 Å². The Morgan fingerprint density at radius 3 is 2.83 bits per heavy atom. The lowest BCUT2D eigenvalue weighted by Crippen LogP contribution is -2.01. The summed E-state index contributed by atoms with van der Waals surface area (Å²) in [5.41, 5.74) is 0.844. The van der Waals surface area contributed by atoms with E-state index in [0.717, 1.165) is 5.69 Å². The van der Waals surface area contributed by atoms with Gasteiger partial charge >= 0.3 is 0 Å². The Morgan fingerprint density at radius 1 is 1.44 bits per heavy atom. The number of aromatic nitrogens is 4. The van der Waals surface area contributed by atoms with E-state index in [2.05, 4.69) is 21.6 Å². The average molecular weight is 280 g/mol. The molecule has 92 valence electrons. The summed E-state index contributed by atoms with van der Waals surface area (Å²) in [4.78, 5) is 0. The predicted octanol–water partition coefficient (Wildman–Crippen LogP) is 2.57. The first-order chi connectivity index (χ1) is 8.70. The predicted molar refractivity (Wildman–Crippen MR) is 69.7 cm³/mol. The fourth-order valence-corrected chi connectivity index (χ4v) is 2.21. The van der Waals surface area contributed by atoms with Crippen molar-refractivity contribution in [1.82, 2.24) is 20.2 Å². The van der Waals surface area contributed by atoms with Crippen molar-refractivity contribution >= 4 is 23.4 Å². The molecule has 0 radical (unpaired) electrons. The summed E-state index contributed by atoms with van der Waals surface area (Å²) in [5, 5.41) is 21.6. The largest absolute Gasteiger partial charge is 0.214 e. The van der Waals surface area contributed by atoms with E-state index in [4.69, 9.17) is 16.9 Å². The standard InChI is InChI=1S/C11H10ClN5S/c1-8(6-13)7-18-11-14-15-16-17(11)10-4-2-9(12)3-5-10/h2-5,8H,7H2,1H3/t8-/m1/s1. The van der Waals surface area contributed by atoms with Crippen LogP contribution in [0, 0.1) is 17.2 Å². The maximum Gasteiger partial charge on any atom is 0.214 e. The Morgan fingerprint density at radius 2 is 2.17 bits per heavy atom. The van der Waals surface area contributed by atoms with E-state index in [0.29, 0.717) is 15.9 Å². The zero-order valence-corrected chi connectivity index (χ0v) is 11.2. The molecule has 0 unspecified atom stereocenters. The third-order valence-corrected chi connectivity index (χ3v) is 3.63. The minimum absolute atomic E-state index is 0.0367. The van der Waals surface area contributed by atoms with Gasteiger partial charge in [0.15, 0.2) is 0 Å². The zero-order valence-electron chi connectivity index (χ0n) is 9.62. The third-order valence-electron chi connectivity index (χ3n) is 2.19. The number of tetrazole rings is 1. The van der Waals surface area contributed by atoms with Gasteiger partial charge < -0.3 is 0 Å². The first-order valence-electron chi connectivity index (χ1n) is 5.27. The third kappa shape index (κ3) is 3.00. The lowest BCUT2D eigenvalue weighted by molar-refractivity contribution is 0.754. The summed E-state index contributed by atoms with van der Waals surface area (Å²) in [6.45, 7) is 1.86. The summed E-state index contributed by atoms with van der Waals surface area (Å²) >= 11 is 7.29. The van der Waals surface area contributed by atoms with Crippen LogP contribution in [0.1, 0.15) is 6.92 Å². The van der Waals surface area contributed by atoms with Crippen molar-refractivity contribution in [3.63, 3.8) is 0 Å².